The quantitative estimate of drug-likeness (QED) is 0.702. The van der Waals surface area contributed by atoms with E-state index in [4.69, 9.17) is 16.3 Å². The molecule has 0 aliphatic heterocycles. The van der Waals surface area contributed by atoms with Crippen LogP contribution in [0.5, 0.6) is 5.75 Å². The Morgan fingerprint density at radius 2 is 1.79 bits per heavy atom. The van der Waals surface area contributed by atoms with Crippen LogP contribution in [-0.4, -0.2) is 45.0 Å². The van der Waals surface area contributed by atoms with Gasteiger partial charge in [-0.1, -0.05) is 11.6 Å². The molecule has 0 unspecified atom stereocenters. The van der Waals surface area contributed by atoms with Crippen LogP contribution >= 0.6 is 11.6 Å². The van der Waals surface area contributed by atoms with Gasteiger partial charge in [0, 0.05) is 20.2 Å². The number of carbonyl (C=O) groups excluding carboxylic acids is 1. The van der Waals surface area contributed by atoms with Crippen molar-refractivity contribution >= 4 is 27.7 Å². The number of ether oxygens (including phenoxy) is 1. The number of benzene rings is 1. The molecule has 0 atom stereocenters. The van der Waals surface area contributed by atoms with E-state index in [1.165, 1.54) is 14.1 Å². The summed E-state index contributed by atoms with van der Waals surface area (Å²) in [6, 6.07) is 1.73. The fourth-order valence-electron chi connectivity index (χ4n) is 2.74. The van der Waals surface area contributed by atoms with Gasteiger partial charge in [-0.05, 0) is 31.7 Å². The van der Waals surface area contributed by atoms with Crippen molar-refractivity contribution in [3.05, 3.63) is 28.5 Å². The van der Waals surface area contributed by atoms with Crippen LogP contribution in [0.3, 0.4) is 0 Å². The zero-order valence-electron chi connectivity index (χ0n) is 15.0. The maximum Gasteiger partial charge on any atom is 0.391 e. The van der Waals surface area contributed by atoms with Crippen molar-refractivity contribution in [2.75, 3.05) is 14.1 Å². The van der Waals surface area contributed by atoms with Gasteiger partial charge in [-0.2, -0.15) is 25.9 Å². The van der Waals surface area contributed by atoms with Crippen LogP contribution in [0.25, 0.3) is 0 Å². The summed E-state index contributed by atoms with van der Waals surface area (Å²) in [7, 11) is -1.76. The highest BCUT2D eigenvalue weighted by Crippen LogP contribution is 2.39. The van der Waals surface area contributed by atoms with Gasteiger partial charge in [0.15, 0.2) is 0 Å². The summed E-state index contributed by atoms with van der Waals surface area (Å²) in [5.41, 5.74) is -0.608. The zero-order chi connectivity index (χ0) is 21.3. The lowest BCUT2D eigenvalue weighted by molar-refractivity contribution is -0.185. The Hall–Kier alpha value is -1.59. The predicted molar refractivity (Wildman–Crippen MR) is 93.9 cm³/mol. The molecule has 0 spiro atoms. The number of carbonyl (C=O) groups is 1. The molecule has 6 nitrogen and oxygen atoms in total. The van der Waals surface area contributed by atoms with Crippen molar-refractivity contribution in [2.45, 2.75) is 38.0 Å². The first kappa shape index (κ1) is 22.7. The molecule has 0 aromatic heterocycles. The molecule has 1 fully saturated rings. The average Bonchev–Trinajstić information content (AvgIpc) is 2.57. The number of nitrogens with zero attached hydrogens (tertiary/aromatic N) is 1. The monoisotopic (exact) mass is 446 g/mol. The van der Waals surface area contributed by atoms with Crippen molar-refractivity contribution in [1.82, 2.24) is 9.03 Å². The Bertz CT molecular complexity index is 838. The summed E-state index contributed by atoms with van der Waals surface area (Å²) in [5, 5.41) is -0.160. The van der Waals surface area contributed by atoms with Crippen LogP contribution < -0.4 is 9.46 Å². The van der Waals surface area contributed by atoms with Crippen LogP contribution in [0.1, 0.15) is 36.0 Å². The summed E-state index contributed by atoms with van der Waals surface area (Å²) in [6.45, 7) is 0. The summed E-state index contributed by atoms with van der Waals surface area (Å²) in [6.07, 6.45) is -4.76. The lowest BCUT2D eigenvalue weighted by atomic mass is 9.87. The van der Waals surface area contributed by atoms with Crippen molar-refractivity contribution in [1.29, 1.82) is 0 Å². The van der Waals surface area contributed by atoms with Crippen LogP contribution in [-0.2, 0) is 10.2 Å². The second kappa shape index (κ2) is 8.42. The van der Waals surface area contributed by atoms with E-state index in [0.717, 1.165) is 16.4 Å². The molecule has 1 saturated carbocycles. The first-order chi connectivity index (χ1) is 12.8. The third-order valence-electron chi connectivity index (χ3n) is 4.40. The lowest BCUT2D eigenvalue weighted by Crippen LogP contribution is -2.39. The van der Waals surface area contributed by atoms with E-state index in [9.17, 15) is 30.8 Å². The molecular weight excluding hydrogens is 428 g/mol. The number of amides is 1. The third-order valence-corrected chi connectivity index (χ3v) is 6.10. The Balaban J connectivity index is 2.09. The molecule has 1 aromatic rings. The van der Waals surface area contributed by atoms with Gasteiger partial charge < -0.3 is 4.74 Å². The number of rotatable bonds is 5. The molecule has 28 heavy (non-hydrogen) atoms. The highest BCUT2D eigenvalue weighted by Gasteiger charge is 2.41. The van der Waals surface area contributed by atoms with Crippen molar-refractivity contribution < 1.29 is 35.5 Å². The summed E-state index contributed by atoms with van der Waals surface area (Å²) in [5.74, 6) is -3.80. The highest BCUT2D eigenvalue weighted by molar-refractivity contribution is 7.87. The van der Waals surface area contributed by atoms with Gasteiger partial charge in [0.25, 0.3) is 5.91 Å². The van der Waals surface area contributed by atoms with Crippen LogP contribution in [0.2, 0.25) is 5.02 Å². The van der Waals surface area contributed by atoms with Crippen molar-refractivity contribution in [2.24, 2.45) is 5.92 Å². The molecule has 1 amide bonds. The minimum absolute atomic E-state index is 0.100. The molecule has 158 valence electrons. The largest absolute Gasteiger partial charge is 0.489 e. The Labute approximate surface area is 165 Å². The predicted octanol–water partition coefficient (Wildman–Crippen LogP) is 3.52. The van der Waals surface area contributed by atoms with E-state index in [-0.39, 0.29) is 36.5 Å². The van der Waals surface area contributed by atoms with Gasteiger partial charge in [-0.15, -0.1) is 0 Å². The molecule has 1 aliphatic rings. The normalized spacial score (nSPS) is 20.9. The molecule has 1 aromatic carbocycles. The number of hydrogen-bond acceptors (Lipinski definition) is 4. The van der Waals surface area contributed by atoms with Gasteiger partial charge >= 0.3 is 16.4 Å². The van der Waals surface area contributed by atoms with E-state index < -0.39 is 45.7 Å². The summed E-state index contributed by atoms with van der Waals surface area (Å²) < 4.78 is 83.6. The summed E-state index contributed by atoms with van der Waals surface area (Å²) >= 11 is 5.99. The molecule has 0 bridgehead atoms. The summed E-state index contributed by atoms with van der Waals surface area (Å²) in [4.78, 5) is 12.0. The van der Waals surface area contributed by atoms with Gasteiger partial charge in [0.2, 0.25) is 0 Å². The smallest absolute Gasteiger partial charge is 0.391 e. The first-order valence-electron chi connectivity index (χ1n) is 8.28. The minimum Gasteiger partial charge on any atom is -0.489 e. The first-order valence-corrected chi connectivity index (χ1v) is 10.1. The standard InChI is InChI=1S/C16H19ClF4N2O4S/c1-23(2)28(25,26)22-15(24)11-7-12(17)14(8-13(11)18)27-10-5-3-9(4-6-10)16(19,20)21/h7-10H,3-6H2,1-2H3,(H,22,24). The Morgan fingerprint density at radius 3 is 2.29 bits per heavy atom. The lowest BCUT2D eigenvalue weighted by Gasteiger charge is -2.30. The fraction of sp³-hybridized carbons (Fsp3) is 0.562. The van der Waals surface area contributed by atoms with Crippen LogP contribution in [0.4, 0.5) is 17.6 Å². The average molecular weight is 447 g/mol. The van der Waals surface area contributed by atoms with Gasteiger partial charge in [0.1, 0.15) is 11.6 Å². The Kier molecular flexibility index (Phi) is 6.82. The molecule has 12 heteroatoms. The zero-order valence-corrected chi connectivity index (χ0v) is 16.6. The topological polar surface area (TPSA) is 75.7 Å². The van der Waals surface area contributed by atoms with Crippen molar-refractivity contribution in [3.63, 3.8) is 0 Å². The second-order valence-corrected chi connectivity index (χ2v) is 8.91. The molecule has 0 radical (unpaired) electrons. The van der Waals surface area contributed by atoms with E-state index in [1.807, 2.05) is 0 Å². The molecule has 2 rings (SSSR count). The van der Waals surface area contributed by atoms with E-state index in [0.29, 0.717) is 0 Å². The molecule has 0 saturated heterocycles. The maximum absolute atomic E-state index is 14.3. The van der Waals surface area contributed by atoms with Gasteiger partial charge in [-0.3, -0.25) is 4.79 Å². The molecular formula is C16H19ClF4N2O4S. The molecule has 1 aliphatic carbocycles. The number of halogens is 5. The van der Waals surface area contributed by atoms with Crippen LogP contribution in [0.15, 0.2) is 12.1 Å². The van der Waals surface area contributed by atoms with E-state index in [1.54, 1.807) is 4.72 Å². The van der Waals surface area contributed by atoms with Gasteiger partial charge in [0.05, 0.1) is 22.6 Å². The fourth-order valence-corrected chi connectivity index (χ4v) is 3.48. The van der Waals surface area contributed by atoms with Crippen LogP contribution in [0, 0.1) is 11.7 Å². The van der Waals surface area contributed by atoms with Crippen molar-refractivity contribution in [3.8, 4) is 5.75 Å². The minimum atomic E-state index is -4.25. The number of alkyl halides is 3. The highest BCUT2D eigenvalue weighted by atomic mass is 35.5. The second-order valence-electron chi connectivity index (χ2n) is 6.61. The van der Waals surface area contributed by atoms with Gasteiger partial charge in [-0.25, -0.2) is 9.11 Å². The maximum atomic E-state index is 14.3. The number of nitrogens with one attached hydrogen (secondary N) is 1. The third kappa shape index (κ3) is 5.48. The number of hydrogen-bond donors (Lipinski definition) is 1. The molecule has 0 heterocycles. The SMILES string of the molecule is CN(C)S(=O)(=O)NC(=O)c1cc(Cl)c(OC2CCC(C(F)(F)F)CC2)cc1F. The van der Waals surface area contributed by atoms with E-state index >= 15 is 0 Å². The molecule has 1 N–H and O–H groups in total. The Morgan fingerprint density at radius 1 is 1.21 bits per heavy atom. The van der Waals surface area contributed by atoms with E-state index in [2.05, 4.69) is 0 Å².